The van der Waals surface area contributed by atoms with Crippen LogP contribution in [0.4, 0.5) is 0 Å². The molecule has 4 rings (SSSR count). The zero-order valence-electron chi connectivity index (χ0n) is 18.4. The van der Waals surface area contributed by atoms with Gasteiger partial charge in [0.2, 0.25) is 0 Å². The Balaban J connectivity index is 0.000000224. The number of allylic oxidation sites excluding steroid dienone is 2. The fourth-order valence-electron chi connectivity index (χ4n) is 4.45. The van der Waals surface area contributed by atoms with E-state index in [4.69, 9.17) is 0 Å². The number of hydrogen-bond donors (Lipinski definition) is 0. The zero-order chi connectivity index (χ0) is 20.7. The monoisotopic (exact) mass is 402 g/mol. The van der Waals surface area contributed by atoms with Crippen molar-refractivity contribution in [2.75, 3.05) is 6.66 Å². The van der Waals surface area contributed by atoms with Crippen LogP contribution in [0.15, 0.2) is 103 Å². The molecule has 29 heavy (non-hydrogen) atoms. The van der Waals surface area contributed by atoms with E-state index in [0.29, 0.717) is 5.41 Å². The summed E-state index contributed by atoms with van der Waals surface area (Å²) >= 11 is 0. The van der Waals surface area contributed by atoms with Gasteiger partial charge in [-0.05, 0) is 31.6 Å². The van der Waals surface area contributed by atoms with Crippen LogP contribution < -0.4 is 15.9 Å². The maximum atomic E-state index is 2.44. The van der Waals surface area contributed by atoms with E-state index < -0.39 is 7.26 Å². The second-order valence-corrected chi connectivity index (χ2v) is 13.0. The van der Waals surface area contributed by atoms with Crippen LogP contribution in [0.1, 0.15) is 40.0 Å². The summed E-state index contributed by atoms with van der Waals surface area (Å²) in [4.78, 5) is 0. The Morgan fingerprint density at radius 1 is 0.655 bits per heavy atom. The van der Waals surface area contributed by atoms with Crippen LogP contribution >= 0.6 is 7.26 Å². The number of benzene rings is 3. The molecular weight excluding hydrogens is 367 g/mol. The molecule has 3 aromatic carbocycles. The maximum absolute atomic E-state index is 2.44. The Kier molecular flexibility index (Phi) is 7.09. The second-order valence-electron chi connectivity index (χ2n) is 9.06. The van der Waals surface area contributed by atoms with Gasteiger partial charge in [-0.15, -0.1) is 0 Å². The van der Waals surface area contributed by atoms with Gasteiger partial charge in [0.1, 0.15) is 0 Å². The first kappa shape index (κ1) is 21.5. The fourth-order valence-corrected chi connectivity index (χ4v) is 8.03. The van der Waals surface area contributed by atoms with Crippen LogP contribution in [0, 0.1) is 5.41 Å². The van der Waals surface area contributed by atoms with E-state index in [1.54, 1.807) is 5.57 Å². The van der Waals surface area contributed by atoms with Gasteiger partial charge in [0, 0.05) is 0 Å². The molecule has 0 spiro atoms. The first-order valence-corrected chi connectivity index (χ1v) is 13.3. The molecule has 0 saturated heterocycles. The summed E-state index contributed by atoms with van der Waals surface area (Å²) in [5, 5.41) is 4.37. The normalized spacial score (nSPS) is 16.2. The molecule has 0 fully saturated rings. The second kappa shape index (κ2) is 9.55. The van der Waals surface area contributed by atoms with Crippen LogP contribution in [0.3, 0.4) is 0 Å². The molecule has 0 amide bonds. The van der Waals surface area contributed by atoms with Crippen LogP contribution in [-0.2, 0) is 0 Å². The van der Waals surface area contributed by atoms with Gasteiger partial charge in [-0.1, -0.05) is 25.5 Å². The minimum atomic E-state index is -1.88. The summed E-state index contributed by atoms with van der Waals surface area (Å²) in [5.41, 5.74) is 2.06. The molecule has 0 aromatic heterocycles. The van der Waals surface area contributed by atoms with E-state index in [-0.39, 0.29) is 0 Å². The van der Waals surface area contributed by atoms with E-state index in [2.05, 4.69) is 125 Å². The molecule has 0 atom stereocenters. The van der Waals surface area contributed by atoms with Gasteiger partial charge in [-0.3, -0.25) is 0 Å². The molecule has 1 aliphatic carbocycles. The summed E-state index contributed by atoms with van der Waals surface area (Å²) in [7, 11) is -1.88. The Morgan fingerprint density at radius 3 is 1.31 bits per heavy atom. The van der Waals surface area contributed by atoms with Crippen molar-refractivity contribution in [3.63, 3.8) is 0 Å². The molecule has 0 unspecified atom stereocenters. The summed E-state index contributed by atoms with van der Waals surface area (Å²) in [5.74, 6) is 0. The quantitative estimate of drug-likeness (QED) is 0.347. The Hall–Kier alpha value is -2.17. The Bertz CT molecular complexity index is 812. The van der Waals surface area contributed by atoms with Crippen molar-refractivity contribution in [1.82, 2.24) is 0 Å². The van der Waals surface area contributed by atoms with Gasteiger partial charge >= 0.3 is 121 Å². The summed E-state index contributed by atoms with van der Waals surface area (Å²) in [6, 6.07) is 32.8. The number of hydrogen-bond acceptors (Lipinski definition) is 0. The van der Waals surface area contributed by atoms with Crippen LogP contribution in [0.2, 0.25) is 0 Å². The SMILES string of the molecule is CC1=CC(C)(C)CCC1.C[PH](c1ccccc1)(c1ccccc1)c1ccccc1. The minimum absolute atomic E-state index is 0.488. The molecular formula is C28H35P. The Morgan fingerprint density at radius 2 is 1.03 bits per heavy atom. The topological polar surface area (TPSA) is 0 Å². The van der Waals surface area contributed by atoms with Crippen molar-refractivity contribution < 1.29 is 0 Å². The van der Waals surface area contributed by atoms with E-state index in [0.717, 1.165) is 0 Å². The summed E-state index contributed by atoms with van der Waals surface area (Å²) in [6.45, 7) is 9.30. The molecule has 1 aliphatic rings. The molecule has 0 bridgehead atoms. The van der Waals surface area contributed by atoms with E-state index in [1.165, 1.54) is 35.2 Å². The van der Waals surface area contributed by atoms with Crippen molar-refractivity contribution in [2.45, 2.75) is 40.0 Å². The number of rotatable bonds is 3. The first-order valence-electron chi connectivity index (χ1n) is 10.8. The van der Waals surface area contributed by atoms with Gasteiger partial charge in [0.15, 0.2) is 0 Å². The molecule has 0 radical (unpaired) electrons. The fraction of sp³-hybridized carbons (Fsp3) is 0.286. The van der Waals surface area contributed by atoms with Crippen molar-refractivity contribution in [2.24, 2.45) is 5.41 Å². The third-order valence-corrected chi connectivity index (χ3v) is 10.5. The van der Waals surface area contributed by atoms with Gasteiger partial charge in [0.25, 0.3) is 0 Å². The van der Waals surface area contributed by atoms with Crippen LogP contribution in [-0.4, -0.2) is 6.66 Å². The van der Waals surface area contributed by atoms with E-state index in [1.807, 2.05) is 0 Å². The van der Waals surface area contributed by atoms with E-state index in [9.17, 15) is 0 Å². The van der Waals surface area contributed by atoms with E-state index >= 15 is 0 Å². The van der Waals surface area contributed by atoms with Gasteiger partial charge in [0.05, 0.1) is 0 Å². The first-order chi connectivity index (χ1) is 13.9. The third-order valence-electron chi connectivity index (χ3n) is 6.08. The van der Waals surface area contributed by atoms with Gasteiger partial charge in [-0.25, -0.2) is 0 Å². The Labute approximate surface area is 178 Å². The van der Waals surface area contributed by atoms with Crippen molar-refractivity contribution in [1.29, 1.82) is 0 Å². The van der Waals surface area contributed by atoms with Crippen molar-refractivity contribution in [3.05, 3.63) is 103 Å². The molecule has 0 nitrogen and oxygen atoms in total. The predicted octanol–water partition coefficient (Wildman–Crippen LogP) is 6.49. The van der Waals surface area contributed by atoms with Crippen LogP contribution in [0.5, 0.6) is 0 Å². The van der Waals surface area contributed by atoms with Gasteiger partial charge in [-0.2, -0.15) is 0 Å². The average molecular weight is 403 g/mol. The molecule has 0 N–H and O–H groups in total. The summed E-state index contributed by atoms with van der Waals surface area (Å²) < 4.78 is 0. The molecule has 0 saturated carbocycles. The van der Waals surface area contributed by atoms with Crippen molar-refractivity contribution >= 4 is 23.2 Å². The molecule has 0 heterocycles. The molecule has 152 valence electrons. The average Bonchev–Trinajstić information content (AvgIpc) is 2.74. The molecule has 1 heteroatoms. The zero-order valence-corrected chi connectivity index (χ0v) is 19.4. The van der Waals surface area contributed by atoms with Crippen molar-refractivity contribution in [3.8, 4) is 0 Å². The summed E-state index contributed by atoms with van der Waals surface area (Å²) in [6.07, 6.45) is 6.49. The van der Waals surface area contributed by atoms with Crippen LogP contribution in [0.25, 0.3) is 0 Å². The molecule has 0 aliphatic heterocycles. The third kappa shape index (κ3) is 5.46. The van der Waals surface area contributed by atoms with Gasteiger partial charge < -0.3 is 0 Å². The molecule has 3 aromatic rings. The predicted molar refractivity (Wildman–Crippen MR) is 134 cm³/mol. The standard InChI is InChI=1S/C19H19P.C9H16/c1-20(17-11-5-2-6-12-17,18-13-7-3-8-14-18)19-15-9-4-10-16-19;1-8-5-4-6-9(2,3)7-8/h2-16,20H,1H3;7H,4-6H2,1-3H3.